The van der Waals surface area contributed by atoms with E-state index in [0.29, 0.717) is 0 Å². The van der Waals surface area contributed by atoms with Crippen LogP contribution >= 0.6 is 15.9 Å². The number of hydrogen-bond donors (Lipinski definition) is 0. The maximum absolute atomic E-state index is 6.02. The van der Waals surface area contributed by atoms with Gasteiger partial charge in [0.2, 0.25) is 0 Å². The lowest BCUT2D eigenvalue weighted by Crippen LogP contribution is -2.01. The third-order valence-electron chi connectivity index (χ3n) is 4.47. The fourth-order valence-electron chi connectivity index (χ4n) is 3.04. The van der Waals surface area contributed by atoms with E-state index in [0.717, 1.165) is 55.7 Å². The van der Waals surface area contributed by atoms with E-state index in [1.807, 2.05) is 0 Å². The minimum atomic E-state index is 0.781. The SMILES string of the molecule is CCCCCCOc1ccc2c(CC)c(OCCCCBr)ccc2c1. The maximum atomic E-state index is 6.02. The van der Waals surface area contributed by atoms with Crippen LogP contribution in [-0.2, 0) is 6.42 Å². The van der Waals surface area contributed by atoms with Crippen molar-refractivity contribution in [3.63, 3.8) is 0 Å². The number of ether oxygens (including phenoxy) is 2. The van der Waals surface area contributed by atoms with E-state index in [1.54, 1.807) is 0 Å². The van der Waals surface area contributed by atoms with Crippen LogP contribution in [0.3, 0.4) is 0 Å². The Morgan fingerprint density at radius 1 is 0.840 bits per heavy atom. The van der Waals surface area contributed by atoms with Gasteiger partial charge in [0.1, 0.15) is 11.5 Å². The highest BCUT2D eigenvalue weighted by atomic mass is 79.9. The summed E-state index contributed by atoms with van der Waals surface area (Å²) < 4.78 is 11.9. The molecule has 0 fully saturated rings. The van der Waals surface area contributed by atoms with Crippen molar-refractivity contribution in [1.82, 2.24) is 0 Å². The first-order chi connectivity index (χ1) is 12.3. The van der Waals surface area contributed by atoms with Crippen molar-refractivity contribution >= 4 is 26.7 Å². The molecule has 0 saturated carbocycles. The fraction of sp³-hybridized carbons (Fsp3) is 0.545. The van der Waals surface area contributed by atoms with E-state index in [1.165, 1.54) is 35.6 Å². The highest BCUT2D eigenvalue weighted by molar-refractivity contribution is 9.09. The molecule has 2 rings (SSSR count). The van der Waals surface area contributed by atoms with Crippen LogP contribution in [0.25, 0.3) is 10.8 Å². The minimum Gasteiger partial charge on any atom is -0.494 e. The second-order valence-corrected chi connectivity index (χ2v) is 7.23. The minimum absolute atomic E-state index is 0.781. The molecule has 0 aromatic heterocycles. The zero-order chi connectivity index (χ0) is 17.9. The Hall–Kier alpha value is -1.22. The molecule has 0 atom stereocenters. The first-order valence-corrected chi connectivity index (χ1v) is 10.8. The fourth-order valence-corrected chi connectivity index (χ4v) is 3.44. The molecule has 2 aromatic carbocycles. The quantitative estimate of drug-likeness (QED) is 0.281. The van der Waals surface area contributed by atoms with E-state index in [9.17, 15) is 0 Å². The van der Waals surface area contributed by atoms with Crippen molar-refractivity contribution in [2.45, 2.75) is 58.8 Å². The zero-order valence-electron chi connectivity index (χ0n) is 15.7. The van der Waals surface area contributed by atoms with Crippen LogP contribution in [0.4, 0.5) is 0 Å². The number of fused-ring (bicyclic) bond motifs is 1. The molecule has 0 aliphatic carbocycles. The van der Waals surface area contributed by atoms with Gasteiger partial charge in [0.05, 0.1) is 13.2 Å². The van der Waals surface area contributed by atoms with Crippen molar-refractivity contribution in [3.05, 3.63) is 35.9 Å². The van der Waals surface area contributed by atoms with Gasteiger partial charge in [-0.05, 0) is 54.7 Å². The molecule has 0 amide bonds. The van der Waals surface area contributed by atoms with E-state index in [-0.39, 0.29) is 0 Å². The molecular weight excluding hydrogens is 376 g/mol. The number of benzene rings is 2. The van der Waals surface area contributed by atoms with Gasteiger partial charge in [-0.15, -0.1) is 0 Å². The Bertz CT molecular complexity index is 639. The highest BCUT2D eigenvalue weighted by Crippen LogP contribution is 2.31. The van der Waals surface area contributed by atoms with Crippen LogP contribution in [0.2, 0.25) is 0 Å². The van der Waals surface area contributed by atoms with Crippen molar-refractivity contribution < 1.29 is 9.47 Å². The average Bonchev–Trinajstić information content (AvgIpc) is 2.64. The van der Waals surface area contributed by atoms with E-state index in [4.69, 9.17) is 9.47 Å². The summed E-state index contributed by atoms with van der Waals surface area (Å²) in [6.45, 7) is 6.01. The Morgan fingerprint density at radius 2 is 1.64 bits per heavy atom. The summed E-state index contributed by atoms with van der Waals surface area (Å²) in [5.74, 6) is 2.00. The van der Waals surface area contributed by atoms with Crippen LogP contribution < -0.4 is 9.47 Å². The second kappa shape index (κ2) is 11.4. The zero-order valence-corrected chi connectivity index (χ0v) is 17.2. The molecule has 25 heavy (non-hydrogen) atoms. The summed E-state index contributed by atoms with van der Waals surface area (Å²) in [6.07, 6.45) is 8.14. The molecule has 0 radical (unpaired) electrons. The Balaban J connectivity index is 2.04. The number of halogens is 1. The van der Waals surface area contributed by atoms with Gasteiger partial charge in [0.15, 0.2) is 0 Å². The molecule has 138 valence electrons. The van der Waals surface area contributed by atoms with Crippen molar-refractivity contribution in [2.75, 3.05) is 18.5 Å². The van der Waals surface area contributed by atoms with Crippen LogP contribution in [-0.4, -0.2) is 18.5 Å². The van der Waals surface area contributed by atoms with Crippen LogP contribution in [0.15, 0.2) is 30.3 Å². The number of hydrogen-bond acceptors (Lipinski definition) is 2. The number of rotatable bonds is 12. The smallest absolute Gasteiger partial charge is 0.123 e. The molecule has 0 heterocycles. The summed E-state index contributed by atoms with van der Waals surface area (Å²) in [5, 5.41) is 3.55. The average molecular weight is 407 g/mol. The second-order valence-electron chi connectivity index (χ2n) is 6.43. The summed E-state index contributed by atoms with van der Waals surface area (Å²) in [5.41, 5.74) is 1.30. The molecule has 0 aliphatic heterocycles. The van der Waals surface area contributed by atoms with E-state index < -0.39 is 0 Å². The summed E-state index contributed by atoms with van der Waals surface area (Å²) in [7, 11) is 0. The predicted octanol–water partition coefficient (Wildman–Crippen LogP) is 6.92. The first kappa shape index (κ1) is 20.1. The molecule has 0 aliphatic rings. The molecule has 0 saturated heterocycles. The molecule has 2 nitrogen and oxygen atoms in total. The molecule has 3 heteroatoms. The molecule has 0 spiro atoms. The van der Waals surface area contributed by atoms with Crippen LogP contribution in [0.1, 0.15) is 57.9 Å². The summed E-state index contributed by atoms with van der Waals surface area (Å²) >= 11 is 3.47. The number of aryl methyl sites for hydroxylation is 1. The van der Waals surface area contributed by atoms with Gasteiger partial charge in [-0.1, -0.05) is 61.2 Å². The Morgan fingerprint density at radius 3 is 2.40 bits per heavy atom. The van der Waals surface area contributed by atoms with Gasteiger partial charge in [-0.25, -0.2) is 0 Å². The molecule has 0 bridgehead atoms. The predicted molar refractivity (Wildman–Crippen MR) is 111 cm³/mol. The lowest BCUT2D eigenvalue weighted by atomic mass is 10.0. The van der Waals surface area contributed by atoms with Gasteiger partial charge in [0.25, 0.3) is 0 Å². The van der Waals surface area contributed by atoms with E-state index in [2.05, 4.69) is 60.1 Å². The first-order valence-electron chi connectivity index (χ1n) is 9.67. The Kier molecular flexibility index (Phi) is 9.17. The van der Waals surface area contributed by atoms with Crippen molar-refractivity contribution in [2.24, 2.45) is 0 Å². The third kappa shape index (κ3) is 6.22. The normalized spacial score (nSPS) is 11.0. The van der Waals surface area contributed by atoms with Gasteiger partial charge in [-0.2, -0.15) is 0 Å². The molecule has 0 unspecified atom stereocenters. The summed E-state index contributed by atoms with van der Waals surface area (Å²) in [6, 6.07) is 10.7. The lowest BCUT2D eigenvalue weighted by Gasteiger charge is -2.14. The third-order valence-corrected chi connectivity index (χ3v) is 5.03. The standard InChI is InChI=1S/C22H31BrO2/c1-3-5-6-8-15-24-19-11-12-21-18(17-19)10-13-22(20(21)4-2)25-16-9-7-14-23/h10-13,17H,3-9,14-16H2,1-2H3. The monoisotopic (exact) mass is 406 g/mol. The van der Waals surface area contributed by atoms with Gasteiger partial charge < -0.3 is 9.47 Å². The molecular formula is C22H31BrO2. The Labute approximate surface area is 161 Å². The maximum Gasteiger partial charge on any atom is 0.123 e. The topological polar surface area (TPSA) is 18.5 Å². The van der Waals surface area contributed by atoms with Gasteiger partial charge >= 0.3 is 0 Å². The lowest BCUT2D eigenvalue weighted by molar-refractivity contribution is 0.305. The van der Waals surface area contributed by atoms with E-state index >= 15 is 0 Å². The number of unbranched alkanes of at least 4 members (excludes halogenated alkanes) is 4. The highest BCUT2D eigenvalue weighted by Gasteiger charge is 2.08. The van der Waals surface area contributed by atoms with Crippen LogP contribution in [0, 0.1) is 0 Å². The molecule has 0 N–H and O–H groups in total. The van der Waals surface area contributed by atoms with Gasteiger partial charge in [-0.3, -0.25) is 0 Å². The number of alkyl halides is 1. The van der Waals surface area contributed by atoms with Crippen molar-refractivity contribution in [3.8, 4) is 11.5 Å². The van der Waals surface area contributed by atoms with Gasteiger partial charge in [0, 0.05) is 10.9 Å². The van der Waals surface area contributed by atoms with Crippen LogP contribution in [0.5, 0.6) is 11.5 Å². The summed E-state index contributed by atoms with van der Waals surface area (Å²) in [4.78, 5) is 0. The largest absolute Gasteiger partial charge is 0.494 e. The molecule has 2 aromatic rings. The van der Waals surface area contributed by atoms with Crippen molar-refractivity contribution in [1.29, 1.82) is 0 Å².